The van der Waals surface area contributed by atoms with Crippen LogP contribution in [0.2, 0.25) is 0 Å². The SMILES string of the molecule is CCCCOC(=O)c1cc2c(c3c1CCC3)-c1ccccc1O[P@]2(=O)OCC. The van der Waals surface area contributed by atoms with E-state index in [4.69, 9.17) is 13.8 Å². The van der Waals surface area contributed by atoms with E-state index in [2.05, 4.69) is 6.92 Å². The second kappa shape index (κ2) is 7.73. The highest BCUT2D eigenvalue weighted by Gasteiger charge is 2.41. The minimum atomic E-state index is -3.57. The van der Waals surface area contributed by atoms with E-state index in [1.165, 1.54) is 0 Å². The minimum absolute atomic E-state index is 0.256. The maximum absolute atomic E-state index is 13.7. The predicted molar refractivity (Wildman–Crippen MR) is 109 cm³/mol. The van der Waals surface area contributed by atoms with Crippen molar-refractivity contribution in [1.82, 2.24) is 0 Å². The Morgan fingerprint density at radius 2 is 1.96 bits per heavy atom. The lowest BCUT2D eigenvalue weighted by molar-refractivity contribution is 0.0498. The molecule has 0 saturated heterocycles. The van der Waals surface area contributed by atoms with E-state index in [-0.39, 0.29) is 12.6 Å². The quantitative estimate of drug-likeness (QED) is 0.386. The Bertz CT molecular complexity index is 966. The van der Waals surface area contributed by atoms with Gasteiger partial charge in [-0.3, -0.25) is 4.52 Å². The van der Waals surface area contributed by atoms with E-state index in [0.29, 0.717) is 23.2 Å². The van der Waals surface area contributed by atoms with Gasteiger partial charge in [-0.15, -0.1) is 0 Å². The van der Waals surface area contributed by atoms with Crippen LogP contribution in [-0.4, -0.2) is 19.2 Å². The fourth-order valence-electron chi connectivity index (χ4n) is 4.05. The first-order chi connectivity index (χ1) is 13.6. The van der Waals surface area contributed by atoms with Gasteiger partial charge in [0.1, 0.15) is 5.75 Å². The molecular formula is C22H25O5P. The number of esters is 1. The van der Waals surface area contributed by atoms with Crippen molar-refractivity contribution >= 4 is 18.9 Å². The van der Waals surface area contributed by atoms with Crippen molar-refractivity contribution in [1.29, 1.82) is 0 Å². The molecule has 6 heteroatoms. The molecule has 1 aliphatic heterocycles. The minimum Gasteiger partial charge on any atom is -0.462 e. The number of unbranched alkanes of at least 4 members (excludes halogenated alkanes) is 1. The van der Waals surface area contributed by atoms with Gasteiger partial charge in [-0.1, -0.05) is 31.5 Å². The van der Waals surface area contributed by atoms with Crippen molar-refractivity contribution in [2.45, 2.75) is 46.0 Å². The number of carbonyl (C=O) groups is 1. The second-order valence-electron chi connectivity index (χ2n) is 7.12. The average molecular weight is 400 g/mol. The Balaban J connectivity index is 1.91. The van der Waals surface area contributed by atoms with E-state index in [1.54, 1.807) is 13.0 Å². The number of rotatable bonds is 6. The summed E-state index contributed by atoms with van der Waals surface area (Å²) in [6, 6.07) is 9.29. The molecule has 2 aromatic rings. The number of benzene rings is 2. The van der Waals surface area contributed by atoms with Crippen LogP contribution in [0, 0.1) is 0 Å². The zero-order valence-electron chi connectivity index (χ0n) is 16.3. The third-order valence-electron chi connectivity index (χ3n) is 5.30. The molecule has 4 rings (SSSR count). The summed E-state index contributed by atoms with van der Waals surface area (Å²) in [5, 5.41) is 0.483. The largest absolute Gasteiger partial charge is 0.462 e. The van der Waals surface area contributed by atoms with Crippen molar-refractivity contribution in [3.8, 4) is 16.9 Å². The van der Waals surface area contributed by atoms with E-state index < -0.39 is 7.60 Å². The molecule has 5 nitrogen and oxygen atoms in total. The van der Waals surface area contributed by atoms with E-state index in [0.717, 1.165) is 54.4 Å². The summed E-state index contributed by atoms with van der Waals surface area (Å²) in [7, 11) is -3.57. The summed E-state index contributed by atoms with van der Waals surface area (Å²) < 4.78 is 30.6. The standard InChI is InChI=1S/C22H25O5P/c1-3-5-13-25-22(23)18-14-20-21(16-11-8-10-15(16)18)17-9-6-7-12-19(17)27-28(20,24)26-4-2/h6-7,9,12,14H,3-5,8,10-11,13H2,1-2H3/t28-/m1/s1. The van der Waals surface area contributed by atoms with Gasteiger partial charge in [-0.05, 0) is 55.9 Å². The fraction of sp³-hybridized carbons (Fsp3) is 0.409. The molecule has 0 spiro atoms. The van der Waals surface area contributed by atoms with Gasteiger partial charge in [0.2, 0.25) is 0 Å². The summed E-state index contributed by atoms with van der Waals surface area (Å²) >= 11 is 0. The van der Waals surface area contributed by atoms with E-state index in [1.807, 2.05) is 24.3 Å². The molecule has 0 bridgehead atoms. The fourth-order valence-corrected chi connectivity index (χ4v) is 5.92. The average Bonchev–Trinajstić information content (AvgIpc) is 3.17. The molecule has 2 aromatic carbocycles. The van der Waals surface area contributed by atoms with Gasteiger partial charge in [-0.25, -0.2) is 9.36 Å². The van der Waals surface area contributed by atoms with E-state index in [9.17, 15) is 9.36 Å². The Hall–Kier alpha value is -2.10. The van der Waals surface area contributed by atoms with Crippen LogP contribution in [0.5, 0.6) is 5.75 Å². The van der Waals surface area contributed by atoms with Crippen molar-refractivity contribution in [2.24, 2.45) is 0 Å². The van der Waals surface area contributed by atoms with E-state index >= 15 is 0 Å². The number of hydrogen-bond donors (Lipinski definition) is 0. The molecule has 0 N–H and O–H groups in total. The lowest BCUT2D eigenvalue weighted by Crippen LogP contribution is -2.24. The van der Waals surface area contributed by atoms with Crippen LogP contribution >= 0.6 is 7.60 Å². The van der Waals surface area contributed by atoms with Gasteiger partial charge in [0.15, 0.2) is 0 Å². The van der Waals surface area contributed by atoms with Crippen LogP contribution in [0.4, 0.5) is 0 Å². The third-order valence-corrected chi connectivity index (χ3v) is 7.28. The molecule has 0 amide bonds. The van der Waals surface area contributed by atoms with Gasteiger partial charge in [0.25, 0.3) is 0 Å². The summed E-state index contributed by atoms with van der Waals surface area (Å²) in [5.74, 6) is 0.218. The highest BCUT2D eigenvalue weighted by atomic mass is 31.2. The number of para-hydroxylation sites is 1. The summed E-state index contributed by atoms with van der Waals surface area (Å²) in [6.07, 6.45) is 4.41. The first-order valence-corrected chi connectivity index (χ1v) is 11.5. The van der Waals surface area contributed by atoms with Gasteiger partial charge in [-0.2, -0.15) is 0 Å². The normalized spacial score (nSPS) is 19.4. The first-order valence-electron chi connectivity index (χ1n) is 9.99. The number of fused-ring (bicyclic) bond motifs is 5. The summed E-state index contributed by atoms with van der Waals surface area (Å²) in [5.41, 5.74) is 4.42. The Labute approximate surface area is 165 Å². The molecule has 0 aromatic heterocycles. The van der Waals surface area contributed by atoms with Crippen molar-refractivity contribution < 1.29 is 23.1 Å². The Morgan fingerprint density at radius 3 is 2.75 bits per heavy atom. The van der Waals surface area contributed by atoms with Gasteiger partial charge in [0.05, 0.1) is 24.1 Å². The molecule has 0 radical (unpaired) electrons. The molecule has 0 unspecified atom stereocenters. The van der Waals surface area contributed by atoms with Crippen LogP contribution < -0.4 is 9.83 Å². The van der Waals surface area contributed by atoms with Crippen LogP contribution in [0.25, 0.3) is 11.1 Å². The van der Waals surface area contributed by atoms with Crippen LogP contribution in [-0.2, 0) is 26.7 Å². The van der Waals surface area contributed by atoms with Crippen LogP contribution in [0.3, 0.4) is 0 Å². The summed E-state index contributed by atoms with van der Waals surface area (Å²) in [4.78, 5) is 12.8. The maximum atomic E-state index is 13.7. The van der Waals surface area contributed by atoms with Gasteiger partial charge in [0, 0.05) is 11.1 Å². The first kappa shape index (κ1) is 19.2. The molecule has 1 atom stereocenters. The highest BCUT2D eigenvalue weighted by Crippen LogP contribution is 2.57. The molecule has 148 valence electrons. The van der Waals surface area contributed by atoms with Crippen LogP contribution in [0.1, 0.15) is 54.6 Å². The molecule has 0 saturated carbocycles. The molecular weight excluding hydrogens is 375 g/mol. The topological polar surface area (TPSA) is 61.8 Å². The molecule has 2 aliphatic rings. The van der Waals surface area contributed by atoms with Crippen LogP contribution in [0.15, 0.2) is 30.3 Å². The zero-order valence-corrected chi connectivity index (χ0v) is 17.2. The molecule has 1 heterocycles. The Morgan fingerprint density at radius 1 is 1.18 bits per heavy atom. The number of hydrogen-bond acceptors (Lipinski definition) is 5. The lowest BCUT2D eigenvalue weighted by atomic mass is 9.93. The predicted octanol–water partition coefficient (Wildman–Crippen LogP) is 5.05. The molecule has 0 fully saturated rings. The van der Waals surface area contributed by atoms with Crippen molar-refractivity contribution in [3.05, 3.63) is 47.0 Å². The maximum Gasteiger partial charge on any atom is 0.411 e. The second-order valence-corrected chi connectivity index (χ2v) is 9.04. The molecule has 28 heavy (non-hydrogen) atoms. The Kier molecular flexibility index (Phi) is 5.31. The smallest absolute Gasteiger partial charge is 0.411 e. The summed E-state index contributed by atoms with van der Waals surface area (Å²) in [6.45, 7) is 4.49. The monoisotopic (exact) mass is 400 g/mol. The van der Waals surface area contributed by atoms with Gasteiger partial charge < -0.3 is 9.26 Å². The van der Waals surface area contributed by atoms with Gasteiger partial charge >= 0.3 is 13.6 Å². The van der Waals surface area contributed by atoms with Crippen molar-refractivity contribution in [3.63, 3.8) is 0 Å². The highest BCUT2D eigenvalue weighted by molar-refractivity contribution is 7.63. The lowest BCUT2D eigenvalue weighted by Gasteiger charge is -2.30. The third kappa shape index (κ3) is 3.17. The number of ether oxygens (including phenoxy) is 1. The van der Waals surface area contributed by atoms with Crippen molar-refractivity contribution in [2.75, 3.05) is 13.2 Å². The number of carbonyl (C=O) groups excluding carboxylic acids is 1. The zero-order chi connectivity index (χ0) is 19.7. The molecule has 1 aliphatic carbocycles.